The highest BCUT2D eigenvalue weighted by Crippen LogP contribution is 2.20. The Morgan fingerprint density at radius 1 is 1.05 bits per heavy atom. The second-order valence-corrected chi connectivity index (χ2v) is 4.74. The molecular formula is C14H19N3O4. The van der Waals surface area contributed by atoms with Crippen LogP contribution in [0.2, 0.25) is 0 Å². The SMILES string of the molecule is COC(=O)N1CCN(C(=O)c2cc(N)cc(OC)c2)CC1. The number of benzene rings is 1. The van der Waals surface area contributed by atoms with Crippen molar-refractivity contribution in [2.24, 2.45) is 0 Å². The Morgan fingerprint density at radius 3 is 2.24 bits per heavy atom. The second-order valence-electron chi connectivity index (χ2n) is 4.74. The summed E-state index contributed by atoms with van der Waals surface area (Å²) in [6.07, 6.45) is -0.368. The summed E-state index contributed by atoms with van der Waals surface area (Å²) in [6.45, 7) is 1.84. The Bertz CT molecular complexity index is 539. The second kappa shape index (κ2) is 6.34. The highest BCUT2D eigenvalue weighted by atomic mass is 16.5. The van der Waals surface area contributed by atoms with Crippen LogP contribution < -0.4 is 10.5 Å². The number of methoxy groups -OCH3 is 2. The van der Waals surface area contributed by atoms with Gasteiger partial charge in [0, 0.05) is 43.5 Å². The van der Waals surface area contributed by atoms with Gasteiger partial charge in [0.2, 0.25) is 0 Å². The highest BCUT2D eigenvalue weighted by Gasteiger charge is 2.25. The van der Waals surface area contributed by atoms with Crippen LogP contribution >= 0.6 is 0 Å². The van der Waals surface area contributed by atoms with Crippen LogP contribution in [-0.4, -0.2) is 62.2 Å². The molecule has 21 heavy (non-hydrogen) atoms. The molecule has 114 valence electrons. The van der Waals surface area contributed by atoms with Crippen molar-refractivity contribution in [2.45, 2.75) is 0 Å². The molecule has 1 aliphatic heterocycles. The zero-order valence-electron chi connectivity index (χ0n) is 12.2. The van der Waals surface area contributed by atoms with Crippen molar-refractivity contribution >= 4 is 17.7 Å². The van der Waals surface area contributed by atoms with Gasteiger partial charge >= 0.3 is 6.09 Å². The van der Waals surface area contributed by atoms with Crippen molar-refractivity contribution in [1.29, 1.82) is 0 Å². The summed E-state index contributed by atoms with van der Waals surface area (Å²) in [5, 5.41) is 0. The zero-order valence-corrected chi connectivity index (χ0v) is 12.2. The van der Waals surface area contributed by atoms with E-state index >= 15 is 0 Å². The first-order valence-electron chi connectivity index (χ1n) is 6.62. The molecule has 2 amide bonds. The Balaban J connectivity index is 2.05. The molecule has 2 rings (SSSR count). The molecule has 1 aromatic rings. The average Bonchev–Trinajstić information content (AvgIpc) is 2.52. The van der Waals surface area contributed by atoms with Crippen molar-refractivity contribution in [2.75, 3.05) is 46.1 Å². The minimum absolute atomic E-state index is 0.120. The Labute approximate surface area is 123 Å². The maximum absolute atomic E-state index is 12.4. The van der Waals surface area contributed by atoms with E-state index in [0.29, 0.717) is 43.2 Å². The number of carbonyl (C=O) groups is 2. The first kappa shape index (κ1) is 15.0. The molecule has 0 atom stereocenters. The monoisotopic (exact) mass is 293 g/mol. The number of amides is 2. The summed E-state index contributed by atoms with van der Waals surface area (Å²) in [6, 6.07) is 4.94. The lowest BCUT2D eigenvalue weighted by Gasteiger charge is -2.33. The predicted molar refractivity (Wildman–Crippen MR) is 77.3 cm³/mol. The third-order valence-electron chi connectivity index (χ3n) is 3.41. The van der Waals surface area contributed by atoms with Gasteiger partial charge in [0.1, 0.15) is 5.75 Å². The summed E-state index contributed by atoms with van der Waals surface area (Å²) < 4.78 is 9.78. The van der Waals surface area contributed by atoms with Gasteiger partial charge in [-0.2, -0.15) is 0 Å². The summed E-state index contributed by atoms with van der Waals surface area (Å²) in [7, 11) is 2.87. The molecule has 0 saturated carbocycles. The van der Waals surface area contributed by atoms with Gasteiger partial charge in [0.05, 0.1) is 14.2 Å². The number of ether oxygens (including phenoxy) is 2. The van der Waals surface area contributed by atoms with E-state index < -0.39 is 0 Å². The van der Waals surface area contributed by atoms with Crippen LogP contribution in [0.15, 0.2) is 18.2 Å². The average molecular weight is 293 g/mol. The van der Waals surface area contributed by atoms with E-state index in [9.17, 15) is 9.59 Å². The highest BCUT2D eigenvalue weighted by molar-refractivity contribution is 5.95. The van der Waals surface area contributed by atoms with Gasteiger partial charge in [-0.25, -0.2) is 4.79 Å². The fourth-order valence-electron chi connectivity index (χ4n) is 2.27. The number of hydrogen-bond donors (Lipinski definition) is 1. The molecule has 1 aliphatic rings. The lowest BCUT2D eigenvalue weighted by molar-refractivity contribution is 0.0599. The van der Waals surface area contributed by atoms with Crippen LogP contribution in [0, 0.1) is 0 Å². The number of nitrogen functional groups attached to an aromatic ring is 1. The van der Waals surface area contributed by atoms with Crippen molar-refractivity contribution in [3.8, 4) is 5.75 Å². The van der Waals surface area contributed by atoms with E-state index in [-0.39, 0.29) is 12.0 Å². The Kier molecular flexibility index (Phi) is 4.52. The standard InChI is InChI=1S/C14H19N3O4/c1-20-12-8-10(7-11(15)9-12)13(18)16-3-5-17(6-4-16)14(19)21-2/h7-9H,3-6,15H2,1-2H3. The number of nitrogens with zero attached hydrogens (tertiary/aromatic N) is 2. The number of nitrogens with two attached hydrogens (primary N) is 1. The largest absolute Gasteiger partial charge is 0.497 e. The molecule has 0 spiro atoms. The molecule has 7 nitrogen and oxygen atoms in total. The maximum Gasteiger partial charge on any atom is 0.409 e. The number of anilines is 1. The van der Waals surface area contributed by atoms with Gasteiger partial charge in [-0.05, 0) is 12.1 Å². The van der Waals surface area contributed by atoms with Crippen LogP contribution in [0.1, 0.15) is 10.4 Å². The van der Waals surface area contributed by atoms with E-state index in [4.69, 9.17) is 10.5 Å². The van der Waals surface area contributed by atoms with Crippen LogP contribution in [0.5, 0.6) is 5.75 Å². The molecule has 0 bridgehead atoms. The summed E-state index contributed by atoms with van der Waals surface area (Å²) in [5.74, 6) is 0.427. The van der Waals surface area contributed by atoms with Crippen molar-refractivity contribution in [1.82, 2.24) is 9.80 Å². The van der Waals surface area contributed by atoms with Crippen molar-refractivity contribution in [3.05, 3.63) is 23.8 Å². The normalized spacial score (nSPS) is 14.8. The predicted octanol–water partition coefficient (Wildman–Crippen LogP) is 0.802. The number of hydrogen-bond acceptors (Lipinski definition) is 5. The maximum atomic E-state index is 12.4. The Morgan fingerprint density at radius 2 is 1.67 bits per heavy atom. The minimum atomic E-state index is -0.368. The van der Waals surface area contributed by atoms with Crippen molar-refractivity contribution in [3.63, 3.8) is 0 Å². The van der Waals surface area contributed by atoms with Gasteiger partial charge in [-0.15, -0.1) is 0 Å². The van der Waals surface area contributed by atoms with Crippen LogP contribution in [0.3, 0.4) is 0 Å². The molecule has 1 fully saturated rings. The first-order valence-corrected chi connectivity index (χ1v) is 6.62. The van der Waals surface area contributed by atoms with E-state index in [0.717, 1.165) is 0 Å². The van der Waals surface area contributed by atoms with E-state index in [1.54, 1.807) is 28.0 Å². The third kappa shape index (κ3) is 3.36. The lowest BCUT2D eigenvalue weighted by atomic mass is 10.1. The van der Waals surface area contributed by atoms with Gasteiger partial charge in [-0.3, -0.25) is 4.79 Å². The Hall–Kier alpha value is -2.44. The molecule has 7 heteroatoms. The lowest BCUT2D eigenvalue weighted by Crippen LogP contribution is -2.50. The van der Waals surface area contributed by atoms with Crippen LogP contribution in [-0.2, 0) is 4.74 Å². The zero-order chi connectivity index (χ0) is 15.4. The van der Waals surface area contributed by atoms with E-state index in [1.807, 2.05) is 0 Å². The molecule has 1 aromatic carbocycles. The third-order valence-corrected chi connectivity index (χ3v) is 3.41. The molecular weight excluding hydrogens is 274 g/mol. The molecule has 0 unspecified atom stereocenters. The number of carbonyl (C=O) groups excluding carboxylic acids is 2. The van der Waals surface area contributed by atoms with Gasteiger partial charge in [-0.1, -0.05) is 0 Å². The van der Waals surface area contributed by atoms with Crippen molar-refractivity contribution < 1.29 is 19.1 Å². The minimum Gasteiger partial charge on any atom is -0.497 e. The quantitative estimate of drug-likeness (QED) is 0.815. The molecule has 1 heterocycles. The van der Waals surface area contributed by atoms with Crippen LogP contribution in [0.4, 0.5) is 10.5 Å². The molecule has 1 saturated heterocycles. The van der Waals surface area contributed by atoms with E-state index in [1.165, 1.54) is 14.2 Å². The number of piperazine rings is 1. The van der Waals surface area contributed by atoms with Gasteiger partial charge in [0.15, 0.2) is 0 Å². The summed E-state index contributed by atoms with van der Waals surface area (Å²) in [5.41, 5.74) is 6.72. The fourth-order valence-corrected chi connectivity index (χ4v) is 2.27. The summed E-state index contributed by atoms with van der Waals surface area (Å²) >= 11 is 0. The molecule has 2 N–H and O–H groups in total. The molecule has 0 aromatic heterocycles. The van der Waals surface area contributed by atoms with Gasteiger partial charge < -0.3 is 25.0 Å². The first-order chi connectivity index (χ1) is 10.0. The number of rotatable bonds is 2. The van der Waals surface area contributed by atoms with Gasteiger partial charge in [0.25, 0.3) is 5.91 Å². The van der Waals surface area contributed by atoms with Crippen LogP contribution in [0.25, 0.3) is 0 Å². The summed E-state index contributed by atoms with van der Waals surface area (Å²) in [4.78, 5) is 27.1. The fraction of sp³-hybridized carbons (Fsp3) is 0.429. The molecule has 0 aliphatic carbocycles. The molecule has 0 radical (unpaired) electrons. The van der Waals surface area contributed by atoms with E-state index in [2.05, 4.69) is 4.74 Å². The smallest absolute Gasteiger partial charge is 0.409 e. The topological polar surface area (TPSA) is 85.1 Å².